The standard InChI is InChI=1S/C25H32N4O4S/c1-16-20-23(29-10-8-6-5-7-9-11-29)27-15-28-25(20)34-22(16)24(30)26-14-17-12-18(31-2)21(33-4)19(13-17)32-3/h12-13,15H,5-11,14H2,1-4H3,(H,26,30). The van der Waals surface area contributed by atoms with Gasteiger partial charge in [-0.05, 0) is 43.0 Å². The molecular weight excluding hydrogens is 452 g/mol. The van der Waals surface area contributed by atoms with E-state index in [1.165, 1.54) is 30.6 Å². The van der Waals surface area contributed by atoms with Gasteiger partial charge in [-0.1, -0.05) is 19.3 Å². The van der Waals surface area contributed by atoms with E-state index in [-0.39, 0.29) is 5.91 Å². The SMILES string of the molecule is COc1cc(CNC(=O)c2sc3ncnc(N4CCCCCCC4)c3c2C)cc(OC)c1OC. The van der Waals surface area contributed by atoms with Gasteiger partial charge in [0.2, 0.25) is 5.75 Å². The van der Waals surface area contributed by atoms with Crippen LogP contribution >= 0.6 is 11.3 Å². The fraction of sp³-hybridized carbons (Fsp3) is 0.480. The summed E-state index contributed by atoms with van der Waals surface area (Å²) in [7, 11) is 4.71. The number of nitrogens with zero attached hydrogens (tertiary/aromatic N) is 3. The minimum absolute atomic E-state index is 0.132. The van der Waals surface area contributed by atoms with Gasteiger partial charge in [-0.2, -0.15) is 0 Å². The lowest BCUT2D eigenvalue weighted by molar-refractivity contribution is 0.0954. The van der Waals surface area contributed by atoms with Crippen molar-refractivity contribution in [3.8, 4) is 17.2 Å². The molecule has 0 unspecified atom stereocenters. The van der Waals surface area contributed by atoms with E-state index in [1.807, 2.05) is 19.1 Å². The van der Waals surface area contributed by atoms with Gasteiger partial charge >= 0.3 is 0 Å². The van der Waals surface area contributed by atoms with Crippen LogP contribution in [0.5, 0.6) is 17.2 Å². The minimum Gasteiger partial charge on any atom is -0.493 e. The Labute approximate surface area is 204 Å². The zero-order chi connectivity index (χ0) is 24.1. The largest absolute Gasteiger partial charge is 0.493 e. The van der Waals surface area contributed by atoms with Crippen LogP contribution in [-0.4, -0.2) is 50.3 Å². The van der Waals surface area contributed by atoms with Gasteiger partial charge in [0.25, 0.3) is 5.91 Å². The van der Waals surface area contributed by atoms with Gasteiger partial charge in [-0.3, -0.25) is 4.79 Å². The highest BCUT2D eigenvalue weighted by atomic mass is 32.1. The van der Waals surface area contributed by atoms with Crippen molar-refractivity contribution >= 4 is 33.3 Å². The average Bonchev–Trinajstić information content (AvgIpc) is 3.18. The number of aryl methyl sites for hydroxylation is 1. The summed E-state index contributed by atoms with van der Waals surface area (Å²) in [5, 5.41) is 4.02. The summed E-state index contributed by atoms with van der Waals surface area (Å²) in [5.74, 6) is 2.45. The maximum absolute atomic E-state index is 13.2. The van der Waals surface area contributed by atoms with Crippen molar-refractivity contribution in [2.45, 2.75) is 45.6 Å². The number of methoxy groups -OCH3 is 3. The van der Waals surface area contributed by atoms with Crippen LogP contribution in [0, 0.1) is 6.92 Å². The molecule has 0 bridgehead atoms. The zero-order valence-corrected chi connectivity index (χ0v) is 21.1. The molecule has 0 radical (unpaired) electrons. The van der Waals surface area contributed by atoms with Gasteiger partial charge in [0, 0.05) is 19.6 Å². The second kappa shape index (κ2) is 10.9. The molecule has 0 atom stereocenters. The lowest BCUT2D eigenvalue weighted by atomic mass is 10.1. The molecule has 3 heterocycles. The molecule has 4 rings (SSSR count). The molecule has 1 fully saturated rings. The monoisotopic (exact) mass is 484 g/mol. The Kier molecular flexibility index (Phi) is 7.72. The van der Waals surface area contributed by atoms with Crippen molar-refractivity contribution < 1.29 is 19.0 Å². The third-order valence-corrected chi connectivity index (χ3v) is 7.44. The molecule has 0 spiro atoms. The Hall–Kier alpha value is -3.07. The molecular formula is C25H32N4O4S. The topological polar surface area (TPSA) is 85.8 Å². The number of amides is 1. The molecule has 1 aromatic carbocycles. The molecule has 1 N–H and O–H groups in total. The van der Waals surface area contributed by atoms with Crippen LogP contribution in [0.25, 0.3) is 10.2 Å². The number of fused-ring (bicyclic) bond motifs is 1. The third-order valence-electron chi connectivity index (χ3n) is 6.25. The first-order valence-corrected chi connectivity index (χ1v) is 12.4. The molecule has 3 aromatic rings. The van der Waals surface area contributed by atoms with Crippen LogP contribution in [0.2, 0.25) is 0 Å². The van der Waals surface area contributed by atoms with Gasteiger partial charge in [0.15, 0.2) is 11.5 Å². The molecule has 0 saturated carbocycles. The zero-order valence-electron chi connectivity index (χ0n) is 20.3. The van der Waals surface area contributed by atoms with Crippen LogP contribution in [-0.2, 0) is 6.54 Å². The number of carbonyl (C=O) groups excluding carboxylic acids is 1. The predicted octanol–water partition coefficient (Wildman–Crippen LogP) is 4.73. The Morgan fingerprint density at radius 3 is 2.26 bits per heavy atom. The van der Waals surface area contributed by atoms with Crippen molar-refractivity contribution in [2.75, 3.05) is 39.3 Å². The molecule has 8 nitrogen and oxygen atoms in total. The van der Waals surface area contributed by atoms with E-state index in [2.05, 4.69) is 20.2 Å². The highest BCUT2D eigenvalue weighted by Crippen LogP contribution is 2.38. The number of nitrogens with one attached hydrogen (secondary N) is 1. The van der Waals surface area contributed by atoms with E-state index in [1.54, 1.807) is 27.7 Å². The van der Waals surface area contributed by atoms with Crippen molar-refractivity contribution in [3.63, 3.8) is 0 Å². The lowest BCUT2D eigenvalue weighted by Crippen LogP contribution is -2.28. The number of anilines is 1. The third kappa shape index (κ3) is 4.89. The molecule has 34 heavy (non-hydrogen) atoms. The second-order valence-electron chi connectivity index (χ2n) is 8.40. The summed E-state index contributed by atoms with van der Waals surface area (Å²) in [6, 6.07) is 3.68. The van der Waals surface area contributed by atoms with E-state index in [4.69, 9.17) is 14.2 Å². The number of hydrogen-bond donors (Lipinski definition) is 1. The van der Waals surface area contributed by atoms with Gasteiger partial charge in [-0.25, -0.2) is 9.97 Å². The summed E-state index contributed by atoms with van der Waals surface area (Å²) in [6.07, 6.45) is 7.75. The number of thiophene rings is 1. The number of carbonyl (C=O) groups is 1. The summed E-state index contributed by atoms with van der Waals surface area (Å²) in [5.41, 5.74) is 1.78. The first-order valence-electron chi connectivity index (χ1n) is 11.6. The van der Waals surface area contributed by atoms with Gasteiger partial charge in [0.1, 0.15) is 17.0 Å². The van der Waals surface area contributed by atoms with Gasteiger partial charge in [0.05, 0.1) is 31.6 Å². The first-order chi connectivity index (χ1) is 16.6. The van der Waals surface area contributed by atoms with Crippen molar-refractivity contribution in [1.29, 1.82) is 0 Å². The van der Waals surface area contributed by atoms with Crippen molar-refractivity contribution in [3.05, 3.63) is 34.5 Å². The quantitative estimate of drug-likeness (QED) is 0.519. The second-order valence-corrected chi connectivity index (χ2v) is 9.40. The maximum atomic E-state index is 13.2. The summed E-state index contributed by atoms with van der Waals surface area (Å²) < 4.78 is 16.2. The molecule has 1 amide bonds. The number of aromatic nitrogens is 2. The number of ether oxygens (including phenoxy) is 3. The molecule has 9 heteroatoms. The molecule has 1 aliphatic heterocycles. The van der Waals surface area contributed by atoms with Crippen molar-refractivity contribution in [1.82, 2.24) is 15.3 Å². The Morgan fingerprint density at radius 2 is 1.65 bits per heavy atom. The summed E-state index contributed by atoms with van der Waals surface area (Å²) in [6.45, 7) is 4.30. The minimum atomic E-state index is -0.132. The van der Waals surface area contributed by atoms with E-state index >= 15 is 0 Å². The average molecular weight is 485 g/mol. The Balaban J connectivity index is 1.57. The van der Waals surface area contributed by atoms with Crippen LogP contribution in [0.4, 0.5) is 5.82 Å². The number of hydrogen-bond acceptors (Lipinski definition) is 8. The van der Waals surface area contributed by atoms with E-state index < -0.39 is 0 Å². The Morgan fingerprint density at radius 1 is 1.00 bits per heavy atom. The molecule has 1 aliphatic rings. The Bertz CT molecular complexity index is 1130. The maximum Gasteiger partial charge on any atom is 0.261 e. The first kappa shape index (κ1) is 24.1. The fourth-order valence-electron chi connectivity index (χ4n) is 4.47. The van der Waals surface area contributed by atoms with Gasteiger partial charge in [-0.15, -0.1) is 11.3 Å². The van der Waals surface area contributed by atoms with E-state index in [9.17, 15) is 4.79 Å². The van der Waals surface area contributed by atoms with Crippen LogP contribution in [0.3, 0.4) is 0 Å². The number of benzene rings is 1. The number of rotatable bonds is 7. The summed E-state index contributed by atoms with van der Waals surface area (Å²) in [4.78, 5) is 26.2. The predicted molar refractivity (Wildman–Crippen MR) is 135 cm³/mol. The smallest absolute Gasteiger partial charge is 0.261 e. The molecule has 1 saturated heterocycles. The van der Waals surface area contributed by atoms with Crippen LogP contribution < -0.4 is 24.4 Å². The van der Waals surface area contributed by atoms with Crippen LogP contribution in [0.1, 0.15) is 52.9 Å². The normalized spacial score (nSPS) is 14.4. The molecule has 2 aromatic heterocycles. The highest BCUT2D eigenvalue weighted by molar-refractivity contribution is 7.20. The van der Waals surface area contributed by atoms with Crippen LogP contribution in [0.15, 0.2) is 18.5 Å². The summed E-state index contributed by atoms with van der Waals surface area (Å²) >= 11 is 1.42. The highest BCUT2D eigenvalue weighted by Gasteiger charge is 2.22. The van der Waals surface area contributed by atoms with Gasteiger partial charge < -0.3 is 24.4 Å². The fourth-order valence-corrected chi connectivity index (χ4v) is 5.53. The lowest BCUT2D eigenvalue weighted by Gasteiger charge is -2.26. The molecule has 0 aliphatic carbocycles. The van der Waals surface area contributed by atoms with Crippen molar-refractivity contribution in [2.24, 2.45) is 0 Å². The van der Waals surface area contributed by atoms with E-state index in [0.29, 0.717) is 28.7 Å². The van der Waals surface area contributed by atoms with E-state index in [0.717, 1.165) is 53.1 Å². The molecule has 182 valence electrons.